The van der Waals surface area contributed by atoms with Crippen LogP contribution in [0.2, 0.25) is 5.02 Å². The molecule has 0 saturated heterocycles. The monoisotopic (exact) mass is 216 g/mol. The van der Waals surface area contributed by atoms with Crippen LogP contribution in [0.5, 0.6) is 0 Å². The van der Waals surface area contributed by atoms with Gasteiger partial charge in [-0.3, -0.25) is 4.79 Å². The van der Waals surface area contributed by atoms with Crippen LogP contribution >= 0.6 is 11.6 Å². The number of ether oxygens (including phenoxy) is 1. The molecule has 0 atom stereocenters. The SMILES string of the molecule is CCOC(=O)c1occ(C)c(=O)c1Cl. The van der Waals surface area contributed by atoms with Gasteiger partial charge in [-0.05, 0) is 13.8 Å². The molecule has 0 saturated carbocycles. The summed E-state index contributed by atoms with van der Waals surface area (Å²) in [5.41, 5.74) is -0.0657. The first-order valence-corrected chi connectivity index (χ1v) is 4.40. The first-order chi connectivity index (χ1) is 6.57. The topological polar surface area (TPSA) is 56.5 Å². The summed E-state index contributed by atoms with van der Waals surface area (Å²) < 4.78 is 9.53. The Morgan fingerprint density at radius 2 is 2.29 bits per heavy atom. The van der Waals surface area contributed by atoms with Crippen molar-refractivity contribution in [3.8, 4) is 0 Å². The molecule has 0 aliphatic carbocycles. The molecule has 1 aromatic heterocycles. The lowest BCUT2D eigenvalue weighted by Crippen LogP contribution is -2.13. The van der Waals surface area contributed by atoms with E-state index in [4.69, 9.17) is 16.0 Å². The van der Waals surface area contributed by atoms with Crippen LogP contribution in [0, 0.1) is 6.92 Å². The van der Waals surface area contributed by atoms with Crippen LogP contribution in [-0.2, 0) is 4.74 Å². The van der Waals surface area contributed by atoms with Crippen molar-refractivity contribution in [1.82, 2.24) is 0 Å². The fourth-order valence-corrected chi connectivity index (χ4v) is 1.13. The van der Waals surface area contributed by atoms with Crippen LogP contribution in [0.25, 0.3) is 0 Å². The highest BCUT2D eigenvalue weighted by atomic mass is 35.5. The molecule has 0 amide bonds. The van der Waals surface area contributed by atoms with Crippen LogP contribution in [0.15, 0.2) is 15.5 Å². The van der Waals surface area contributed by atoms with Crippen LogP contribution in [0.1, 0.15) is 23.0 Å². The number of halogens is 1. The molecule has 76 valence electrons. The molecule has 0 bridgehead atoms. The minimum atomic E-state index is -0.727. The lowest BCUT2D eigenvalue weighted by atomic mass is 10.3. The van der Waals surface area contributed by atoms with Crippen molar-refractivity contribution in [1.29, 1.82) is 0 Å². The quantitative estimate of drug-likeness (QED) is 0.707. The lowest BCUT2D eigenvalue weighted by Gasteiger charge is -2.02. The maximum Gasteiger partial charge on any atom is 0.375 e. The molecule has 0 N–H and O–H groups in total. The van der Waals surface area contributed by atoms with E-state index < -0.39 is 11.4 Å². The fourth-order valence-electron chi connectivity index (χ4n) is 0.863. The Kier molecular flexibility index (Phi) is 3.30. The minimum absolute atomic E-state index is 0.201. The molecule has 1 aromatic rings. The Balaban J connectivity index is 3.18. The van der Waals surface area contributed by atoms with Gasteiger partial charge < -0.3 is 9.15 Å². The van der Waals surface area contributed by atoms with Gasteiger partial charge in [0.2, 0.25) is 11.2 Å². The molecule has 0 aliphatic rings. The minimum Gasteiger partial charge on any atom is -0.460 e. The zero-order valence-electron chi connectivity index (χ0n) is 7.80. The Morgan fingerprint density at radius 1 is 1.64 bits per heavy atom. The second kappa shape index (κ2) is 4.28. The maximum atomic E-state index is 11.3. The highest BCUT2D eigenvalue weighted by Crippen LogP contribution is 2.13. The van der Waals surface area contributed by atoms with Crippen LogP contribution in [0.3, 0.4) is 0 Å². The van der Waals surface area contributed by atoms with Crippen molar-refractivity contribution in [2.45, 2.75) is 13.8 Å². The van der Waals surface area contributed by atoms with E-state index in [0.717, 1.165) is 0 Å². The number of carbonyl (C=O) groups is 1. The standard InChI is InChI=1S/C9H9ClO4/c1-3-13-9(12)8-6(10)7(11)5(2)4-14-8/h4H,3H2,1-2H3. The second-order valence-corrected chi connectivity index (χ2v) is 2.99. The third-order valence-corrected chi connectivity index (χ3v) is 1.91. The van der Waals surface area contributed by atoms with E-state index in [2.05, 4.69) is 4.74 Å². The van der Waals surface area contributed by atoms with E-state index in [1.165, 1.54) is 6.26 Å². The van der Waals surface area contributed by atoms with Gasteiger partial charge >= 0.3 is 5.97 Å². The Morgan fingerprint density at radius 3 is 2.86 bits per heavy atom. The van der Waals surface area contributed by atoms with E-state index in [1.54, 1.807) is 13.8 Å². The molecule has 0 radical (unpaired) electrons. The van der Waals surface area contributed by atoms with Gasteiger partial charge in [-0.1, -0.05) is 11.6 Å². The van der Waals surface area contributed by atoms with Crippen LogP contribution in [-0.4, -0.2) is 12.6 Å². The third-order valence-electron chi connectivity index (χ3n) is 1.57. The van der Waals surface area contributed by atoms with Gasteiger partial charge in [0.05, 0.1) is 12.9 Å². The number of aryl methyl sites for hydroxylation is 1. The van der Waals surface area contributed by atoms with E-state index >= 15 is 0 Å². The van der Waals surface area contributed by atoms with Gasteiger partial charge in [0, 0.05) is 5.56 Å². The molecule has 0 aliphatic heterocycles. The molecule has 0 aromatic carbocycles. The predicted octanol–water partition coefficient (Wildman–Crippen LogP) is 1.78. The van der Waals surface area contributed by atoms with Gasteiger partial charge in [-0.25, -0.2) is 4.79 Å². The Bertz CT molecular complexity index is 408. The lowest BCUT2D eigenvalue weighted by molar-refractivity contribution is 0.0487. The summed E-state index contributed by atoms with van der Waals surface area (Å²) in [6.45, 7) is 3.40. The Hall–Kier alpha value is -1.29. The average molecular weight is 217 g/mol. The molecule has 1 rings (SSSR count). The zero-order chi connectivity index (χ0) is 10.7. The van der Waals surface area contributed by atoms with E-state index in [-0.39, 0.29) is 17.4 Å². The smallest absolute Gasteiger partial charge is 0.375 e. The van der Waals surface area contributed by atoms with E-state index in [0.29, 0.717) is 5.56 Å². The number of carbonyl (C=O) groups excluding carboxylic acids is 1. The highest BCUT2D eigenvalue weighted by Gasteiger charge is 2.17. The molecule has 4 nitrogen and oxygen atoms in total. The molecular weight excluding hydrogens is 208 g/mol. The summed E-state index contributed by atoms with van der Waals surface area (Å²) in [6.07, 6.45) is 1.18. The number of rotatable bonds is 2. The van der Waals surface area contributed by atoms with Crippen molar-refractivity contribution >= 4 is 17.6 Å². The zero-order valence-corrected chi connectivity index (χ0v) is 8.55. The summed E-state index contributed by atoms with van der Waals surface area (Å²) in [5.74, 6) is -0.973. The third kappa shape index (κ3) is 1.96. The molecule has 0 unspecified atom stereocenters. The summed E-state index contributed by atoms with van der Waals surface area (Å²) in [5, 5.41) is -0.233. The summed E-state index contributed by atoms with van der Waals surface area (Å²) in [7, 11) is 0. The molecule has 14 heavy (non-hydrogen) atoms. The number of hydrogen-bond donors (Lipinski definition) is 0. The number of esters is 1. The summed E-state index contributed by atoms with van der Waals surface area (Å²) >= 11 is 5.62. The van der Waals surface area contributed by atoms with Gasteiger partial charge in [0.15, 0.2) is 0 Å². The van der Waals surface area contributed by atoms with Gasteiger partial charge in [0.25, 0.3) is 0 Å². The van der Waals surface area contributed by atoms with Crippen molar-refractivity contribution in [3.05, 3.63) is 32.8 Å². The van der Waals surface area contributed by atoms with Gasteiger partial charge in [0.1, 0.15) is 5.02 Å². The molecule has 1 heterocycles. The van der Waals surface area contributed by atoms with Crippen molar-refractivity contribution in [2.75, 3.05) is 6.61 Å². The Labute approximate surface area is 85.4 Å². The first kappa shape index (κ1) is 10.8. The van der Waals surface area contributed by atoms with Crippen LogP contribution in [0.4, 0.5) is 0 Å². The van der Waals surface area contributed by atoms with Crippen molar-refractivity contribution in [3.63, 3.8) is 0 Å². The summed E-state index contributed by atoms with van der Waals surface area (Å²) in [4.78, 5) is 22.5. The summed E-state index contributed by atoms with van der Waals surface area (Å²) in [6, 6.07) is 0. The maximum absolute atomic E-state index is 11.3. The average Bonchev–Trinajstić information content (AvgIpc) is 2.15. The molecule has 0 fully saturated rings. The van der Waals surface area contributed by atoms with Crippen molar-refractivity contribution < 1.29 is 13.9 Å². The van der Waals surface area contributed by atoms with E-state index in [1.807, 2.05) is 0 Å². The highest BCUT2D eigenvalue weighted by molar-refractivity contribution is 6.33. The normalized spacial score (nSPS) is 9.93. The van der Waals surface area contributed by atoms with E-state index in [9.17, 15) is 9.59 Å². The van der Waals surface area contributed by atoms with Crippen molar-refractivity contribution in [2.24, 2.45) is 0 Å². The largest absolute Gasteiger partial charge is 0.460 e. The van der Waals surface area contributed by atoms with Gasteiger partial charge in [-0.2, -0.15) is 0 Å². The van der Waals surface area contributed by atoms with Crippen LogP contribution < -0.4 is 5.43 Å². The first-order valence-electron chi connectivity index (χ1n) is 4.03. The van der Waals surface area contributed by atoms with Gasteiger partial charge in [-0.15, -0.1) is 0 Å². The molecule has 5 heteroatoms. The second-order valence-electron chi connectivity index (χ2n) is 2.61. The fraction of sp³-hybridized carbons (Fsp3) is 0.333. The number of hydrogen-bond acceptors (Lipinski definition) is 4. The molecular formula is C9H9ClO4. The predicted molar refractivity (Wildman–Crippen MR) is 50.7 cm³/mol. The molecule has 0 spiro atoms.